The van der Waals surface area contributed by atoms with E-state index in [2.05, 4.69) is 5.32 Å². The van der Waals surface area contributed by atoms with Gasteiger partial charge in [0.1, 0.15) is 6.04 Å². The fraction of sp³-hybridized carbons (Fsp3) is 0.308. The van der Waals surface area contributed by atoms with Crippen molar-refractivity contribution in [2.45, 2.75) is 6.04 Å². The Labute approximate surface area is 130 Å². The topological polar surface area (TPSA) is 86.7 Å². The van der Waals surface area contributed by atoms with Gasteiger partial charge in [0.25, 0.3) is 5.91 Å². The van der Waals surface area contributed by atoms with Gasteiger partial charge < -0.3 is 15.3 Å². The molecule has 0 aliphatic carbocycles. The van der Waals surface area contributed by atoms with E-state index in [1.54, 1.807) is 24.3 Å². The maximum atomic E-state index is 12.0. The van der Waals surface area contributed by atoms with Crippen molar-refractivity contribution < 1.29 is 19.5 Å². The van der Waals surface area contributed by atoms with E-state index in [0.29, 0.717) is 16.7 Å². The highest BCUT2D eigenvalue weighted by atomic mass is 35.5. The molecule has 1 unspecified atom stereocenters. The Morgan fingerprint density at radius 3 is 2.76 bits per heavy atom. The number of carbonyl (C=O) groups excluding carboxylic acids is 2. The standard InChI is InChI=1S/C13H13ClN2O4S/c14-9-4-2-1-3-8(9)12(18)15-5-11(17)16-7-21-6-10(16)13(19)20/h1-4,10H,5-7H2,(H,15,18)(H,19,20). The summed E-state index contributed by atoms with van der Waals surface area (Å²) in [5.74, 6) is -1.25. The van der Waals surface area contributed by atoms with Gasteiger partial charge >= 0.3 is 5.97 Å². The second kappa shape index (κ2) is 6.82. The molecule has 0 spiro atoms. The van der Waals surface area contributed by atoms with Crippen LogP contribution in [0.15, 0.2) is 24.3 Å². The van der Waals surface area contributed by atoms with Crippen LogP contribution in [-0.2, 0) is 9.59 Å². The minimum absolute atomic E-state index is 0.256. The molecule has 2 rings (SSSR count). The van der Waals surface area contributed by atoms with Crippen molar-refractivity contribution in [1.29, 1.82) is 0 Å². The van der Waals surface area contributed by atoms with Crippen LogP contribution in [0.25, 0.3) is 0 Å². The van der Waals surface area contributed by atoms with E-state index < -0.39 is 23.8 Å². The number of halogens is 1. The van der Waals surface area contributed by atoms with Crippen LogP contribution in [0, 0.1) is 0 Å². The van der Waals surface area contributed by atoms with Crippen molar-refractivity contribution in [2.75, 3.05) is 18.2 Å². The van der Waals surface area contributed by atoms with Gasteiger partial charge in [-0.05, 0) is 12.1 Å². The van der Waals surface area contributed by atoms with E-state index in [9.17, 15) is 14.4 Å². The number of carbonyl (C=O) groups is 3. The van der Waals surface area contributed by atoms with E-state index in [-0.39, 0.29) is 12.1 Å². The number of carboxylic acid groups (broad SMARTS) is 1. The zero-order valence-electron chi connectivity index (χ0n) is 10.9. The predicted octanol–water partition coefficient (Wildman–Crippen LogP) is 1.06. The fourth-order valence-electron chi connectivity index (χ4n) is 1.89. The van der Waals surface area contributed by atoms with Gasteiger partial charge in [-0.15, -0.1) is 11.8 Å². The Morgan fingerprint density at radius 1 is 1.38 bits per heavy atom. The Balaban J connectivity index is 1.94. The summed E-state index contributed by atoms with van der Waals surface area (Å²) >= 11 is 7.26. The highest BCUT2D eigenvalue weighted by Gasteiger charge is 2.34. The molecule has 1 aliphatic rings. The molecule has 1 fully saturated rings. The number of nitrogens with one attached hydrogen (secondary N) is 1. The van der Waals surface area contributed by atoms with E-state index in [4.69, 9.17) is 16.7 Å². The summed E-state index contributed by atoms with van der Waals surface area (Å²) in [6.45, 7) is -0.256. The molecular formula is C13H13ClN2O4S. The van der Waals surface area contributed by atoms with Gasteiger partial charge in [-0.2, -0.15) is 0 Å². The Morgan fingerprint density at radius 2 is 2.10 bits per heavy atom. The van der Waals surface area contributed by atoms with Gasteiger partial charge in [0, 0.05) is 5.75 Å². The number of thioether (sulfide) groups is 1. The average Bonchev–Trinajstić information content (AvgIpc) is 2.94. The molecule has 0 aromatic heterocycles. The summed E-state index contributed by atoms with van der Waals surface area (Å²) in [6.07, 6.45) is 0. The zero-order valence-corrected chi connectivity index (χ0v) is 12.5. The number of benzene rings is 1. The lowest BCUT2D eigenvalue weighted by Crippen LogP contribution is -2.46. The third-order valence-electron chi connectivity index (χ3n) is 3.01. The van der Waals surface area contributed by atoms with Crippen molar-refractivity contribution in [3.8, 4) is 0 Å². The van der Waals surface area contributed by atoms with Gasteiger partial charge in [0.2, 0.25) is 5.91 Å². The fourth-order valence-corrected chi connectivity index (χ4v) is 3.28. The van der Waals surface area contributed by atoms with Crippen LogP contribution < -0.4 is 5.32 Å². The van der Waals surface area contributed by atoms with Crippen molar-refractivity contribution in [2.24, 2.45) is 0 Å². The normalized spacial score (nSPS) is 17.6. The average molecular weight is 329 g/mol. The summed E-state index contributed by atoms with van der Waals surface area (Å²) in [7, 11) is 0. The zero-order chi connectivity index (χ0) is 15.4. The predicted molar refractivity (Wildman–Crippen MR) is 79.4 cm³/mol. The van der Waals surface area contributed by atoms with E-state index in [1.807, 2.05) is 0 Å². The first kappa shape index (κ1) is 15.7. The van der Waals surface area contributed by atoms with Crippen molar-refractivity contribution in [1.82, 2.24) is 10.2 Å². The lowest BCUT2D eigenvalue weighted by Gasteiger charge is -2.20. The number of rotatable bonds is 4. The second-order valence-corrected chi connectivity index (χ2v) is 5.79. The monoisotopic (exact) mass is 328 g/mol. The van der Waals surface area contributed by atoms with Crippen LogP contribution >= 0.6 is 23.4 Å². The molecule has 1 saturated heterocycles. The first-order valence-corrected chi connectivity index (χ1v) is 7.66. The molecule has 2 N–H and O–H groups in total. The molecule has 1 aromatic rings. The number of hydrogen-bond donors (Lipinski definition) is 2. The SMILES string of the molecule is O=C(NCC(=O)N1CSCC1C(=O)O)c1ccccc1Cl. The molecule has 0 bridgehead atoms. The van der Waals surface area contributed by atoms with Crippen LogP contribution in [0.5, 0.6) is 0 Å². The van der Waals surface area contributed by atoms with E-state index >= 15 is 0 Å². The van der Waals surface area contributed by atoms with Gasteiger partial charge in [-0.25, -0.2) is 4.79 Å². The third-order valence-corrected chi connectivity index (χ3v) is 4.35. The number of hydrogen-bond acceptors (Lipinski definition) is 4. The lowest BCUT2D eigenvalue weighted by molar-refractivity contribution is -0.147. The number of aliphatic carboxylic acids is 1. The minimum atomic E-state index is -1.04. The number of nitrogens with zero attached hydrogens (tertiary/aromatic N) is 1. The van der Waals surface area contributed by atoms with Gasteiger partial charge in [0.05, 0.1) is 23.0 Å². The van der Waals surface area contributed by atoms with Crippen LogP contribution in [0.4, 0.5) is 0 Å². The van der Waals surface area contributed by atoms with Gasteiger partial charge in [-0.3, -0.25) is 9.59 Å². The molecule has 1 heterocycles. The second-order valence-electron chi connectivity index (χ2n) is 4.38. The number of carboxylic acids is 1. The third kappa shape index (κ3) is 3.68. The first-order chi connectivity index (χ1) is 10.0. The summed E-state index contributed by atoms with van der Waals surface area (Å²) in [5, 5.41) is 11.8. The highest BCUT2D eigenvalue weighted by Crippen LogP contribution is 2.21. The first-order valence-electron chi connectivity index (χ1n) is 6.13. The van der Waals surface area contributed by atoms with Crippen LogP contribution in [0.3, 0.4) is 0 Å². The Kier molecular flexibility index (Phi) is 5.08. The number of amides is 2. The van der Waals surface area contributed by atoms with E-state index in [1.165, 1.54) is 16.7 Å². The van der Waals surface area contributed by atoms with Crippen molar-refractivity contribution >= 4 is 41.1 Å². The Bertz CT molecular complexity index is 581. The molecule has 2 amide bonds. The van der Waals surface area contributed by atoms with Crippen LogP contribution in [0.1, 0.15) is 10.4 Å². The summed E-state index contributed by atoms with van der Waals surface area (Å²) in [4.78, 5) is 36.2. The molecule has 0 saturated carbocycles. The quantitative estimate of drug-likeness (QED) is 0.863. The molecule has 1 aliphatic heterocycles. The smallest absolute Gasteiger partial charge is 0.327 e. The highest BCUT2D eigenvalue weighted by molar-refractivity contribution is 7.99. The molecule has 21 heavy (non-hydrogen) atoms. The van der Waals surface area contributed by atoms with E-state index in [0.717, 1.165) is 0 Å². The van der Waals surface area contributed by atoms with Crippen LogP contribution in [0.2, 0.25) is 5.02 Å². The van der Waals surface area contributed by atoms with Gasteiger partial charge in [-0.1, -0.05) is 23.7 Å². The lowest BCUT2D eigenvalue weighted by atomic mass is 10.2. The molecule has 6 nitrogen and oxygen atoms in total. The van der Waals surface area contributed by atoms with Crippen molar-refractivity contribution in [3.05, 3.63) is 34.9 Å². The summed E-state index contributed by atoms with van der Waals surface area (Å²) in [5.41, 5.74) is 0.276. The largest absolute Gasteiger partial charge is 0.480 e. The molecule has 0 radical (unpaired) electrons. The maximum absolute atomic E-state index is 12.0. The minimum Gasteiger partial charge on any atom is -0.480 e. The Hall–Kier alpha value is -1.73. The van der Waals surface area contributed by atoms with Gasteiger partial charge in [0.15, 0.2) is 0 Å². The maximum Gasteiger partial charge on any atom is 0.327 e. The van der Waals surface area contributed by atoms with Crippen molar-refractivity contribution in [3.63, 3.8) is 0 Å². The summed E-state index contributed by atoms with van der Waals surface area (Å²) in [6, 6.07) is 5.66. The molecule has 112 valence electrons. The molecular weight excluding hydrogens is 316 g/mol. The molecule has 1 atom stereocenters. The molecule has 1 aromatic carbocycles. The van der Waals surface area contributed by atoms with Crippen LogP contribution in [-0.4, -0.2) is 52.0 Å². The summed E-state index contributed by atoms with van der Waals surface area (Å²) < 4.78 is 0. The molecule has 8 heteroatoms.